The van der Waals surface area contributed by atoms with Gasteiger partial charge in [-0.2, -0.15) is 0 Å². The molecule has 0 atom stereocenters. The first-order chi connectivity index (χ1) is 8.63. The molecule has 0 aromatic carbocycles. The molecule has 18 heavy (non-hydrogen) atoms. The number of carbonyl (C=O) groups is 2. The molecule has 1 aromatic heterocycles. The molecule has 1 amide bonds. The number of thioether (sulfide) groups is 1. The maximum absolute atomic E-state index is 11.4. The first kappa shape index (κ1) is 14.5. The highest BCUT2D eigenvalue weighted by Crippen LogP contribution is 2.14. The fraction of sp³-hybridized carbons (Fsp3) is 0.417. The van der Waals surface area contributed by atoms with Gasteiger partial charge in [-0.1, -0.05) is 25.1 Å². The zero-order valence-corrected chi connectivity index (χ0v) is 11.0. The van der Waals surface area contributed by atoms with Gasteiger partial charge in [-0.3, -0.25) is 4.79 Å². The zero-order valence-electron chi connectivity index (χ0n) is 10.2. The minimum atomic E-state index is -1.00. The summed E-state index contributed by atoms with van der Waals surface area (Å²) in [5.41, 5.74) is 0.145. The summed E-state index contributed by atoms with van der Waals surface area (Å²) in [5, 5.41) is 12.1. The molecule has 1 aromatic rings. The van der Waals surface area contributed by atoms with Crippen molar-refractivity contribution < 1.29 is 14.7 Å². The Morgan fingerprint density at radius 3 is 2.78 bits per heavy atom. The van der Waals surface area contributed by atoms with Crippen molar-refractivity contribution in [2.24, 2.45) is 0 Å². The minimum absolute atomic E-state index is 0.0300. The number of rotatable bonds is 7. The van der Waals surface area contributed by atoms with Crippen molar-refractivity contribution in [3.8, 4) is 0 Å². The van der Waals surface area contributed by atoms with E-state index in [2.05, 4.69) is 17.2 Å². The lowest BCUT2D eigenvalue weighted by molar-refractivity contribution is -0.118. The Morgan fingerprint density at radius 1 is 1.44 bits per heavy atom. The number of nitrogens with zero attached hydrogens (tertiary/aromatic N) is 1. The van der Waals surface area contributed by atoms with Crippen LogP contribution in [0.1, 0.15) is 30.1 Å². The molecule has 0 fully saturated rings. The van der Waals surface area contributed by atoms with Crippen molar-refractivity contribution in [2.45, 2.75) is 24.8 Å². The lowest BCUT2D eigenvalue weighted by Gasteiger charge is -2.03. The van der Waals surface area contributed by atoms with Crippen LogP contribution in [0.2, 0.25) is 0 Å². The number of hydrogen-bond acceptors (Lipinski definition) is 4. The summed E-state index contributed by atoms with van der Waals surface area (Å²) in [6.45, 7) is 2.76. The van der Waals surface area contributed by atoms with Gasteiger partial charge in [0.2, 0.25) is 5.91 Å². The minimum Gasteiger partial charge on any atom is -0.478 e. The first-order valence-corrected chi connectivity index (χ1v) is 6.71. The second-order valence-corrected chi connectivity index (χ2v) is 4.68. The predicted molar refractivity (Wildman–Crippen MR) is 69.8 cm³/mol. The van der Waals surface area contributed by atoms with E-state index in [4.69, 9.17) is 5.11 Å². The smallest absolute Gasteiger partial charge is 0.337 e. The van der Waals surface area contributed by atoms with Crippen LogP contribution in [0.25, 0.3) is 0 Å². The van der Waals surface area contributed by atoms with Gasteiger partial charge in [0, 0.05) is 12.7 Å². The van der Waals surface area contributed by atoms with Gasteiger partial charge in [-0.05, 0) is 18.6 Å². The third-order valence-electron chi connectivity index (χ3n) is 2.19. The summed E-state index contributed by atoms with van der Waals surface area (Å²) >= 11 is 1.29. The van der Waals surface area contributed by atoms with Crippen molar-refractivity contribution in [3.63, 3.8) is 0 Å². The second-order valence-electron chi connectivity index (χ2n) is 3.68. The Balaban J connectivity index is 2.34. The van der Waals surface area contributed by atoms with Crippen molar-refractivity contribution >= 4 is 23.6 Å². The van der Waals surface area contributed by atoms with Crippen LogP contribution < -0.4 is 5.32 Å². The molecule has 6 heteroatoms. The summed E-state index contributed by atoms with van der Waals surface area (Å²) in [7, 11) is 0. The molecule has 5 nitrogen and oxygen atoms in total. The number of carboxylic acid groups (broad SMARTS) is 1. The maximum Gasteiger partial charge on any atom is 0.337 e. The molecule has 0 unspecified atom stereocenters. The monoisotopic (exact) mass is 268 g/mol. The van der Waals surface area contributed by atoms with Gasteiger partial charge in [0.1, 0.15) is 0 Å². The molecule has 0 aliphatic carbocycles. The van der Waals surface area contributed by atoms with E-state index < -0.39 is 5.97 Å². The van der Waals surface area contributed by atoms with Crippen LogP contribution in [0, 0.1) is 0 Å². The summed E-state index contributed by atoms with van der Waals surface area (Å²) in [4.78, 5) is 26.0. The largest absolute Gasteiger partial charge is 0.478 e. The Hall–Kier alpha value is -1.56. The molecule has 0 saturated carbocycles. The van der Waals surface area contributed by atoms with Crippen LogP contribution in [-0.2, 0) is 4.79 Å². The Morgan fingerprint density at radius 2 is 2.22 bits per heavy atom. The molecule has 0 bridgehead atoms. The van der Waals surface area contributed by atoms with Gasteiger partial charge in [0.05, 0.1) is 16.3 Å². The first-order valence-electron chi connectivity index (χ1n) is 5.72. The highest BCUT2D eigenvalue weighted by Gasteiger charge is 2.05. The zero-order chi connectivity index (χ0) is 13.4. The van der Waals surface area contributed by atoms with E-state index in [1.807, 2.05) is 0 Å². The number of unbranched alkanes of at least 4 members (excludes halogenated alkanes) is 1. The van der Waals surface area contributed by atoms with Crippen molar-refractivity contribution in [3.05, 3.63) is 23.9 Å². The van der Waals surface area contributed by atoms with E-state index >= 15 is 0 Å². The lowest BCUT2D eigenvalue weighted by Crippen LogP contribution is -2.26. The van der Waals surface area contributed by atoms with Crippen molar-refractivity contribution in [2.75, 3.05) is 12.3 Å². The van der Waals surface area contributed by atoms with Gasteiger partial charge in [0.25, 0.3) is 0 Å². The van der Waals surface area contributed by atoms with E-state index in [0.29, 0.717) is 17.3 Å². The Labute approximate surface area is 110 Å². The molecule has 0 saturated heterocycles. The van der Waals surface area contributed by atoms with Crippen LogP contribution in [0.4, 0.5) is 0 Å². The quantitative estimate of drug-likeness (QED) is 0.582. The summed E-state index contributed by atoms with van der Waals surface area (Å²) in [5.74, 6) is -0.739. The fourth-order valence-electron chi connectivity index (χ4n) is 1.19. The van der Waals surface area contributed by atoms with Gasteiger partial charge < -0.3 is 10.4 Å². The van der Waals surface area contributed by atoms with Crippen LogP contribution >= 0.6 is 11.8 Å². The van der Waals surface area contributed by atoms with E-state index in [9.17, 15) is 9.59 Å². The van der Waals surface area contributed by atoms with Crippen molar-refractivity contribution in [1.82, 2.24) is 10.3 Å². The summed E-state index contributed by atoms with van der Waals surface area (Å²) < 4.78 is 0. The molecule has 1 rings (SSSR count). The molecule has 0 radical (unpaired) electrons. The van der Waals surface area contributed by atoms with Gasteiger partial charge >= 0.3 is 5.97 Å². The molecule has 2 N–H and O–H groups in total. The number of hydrogen-bond donors (Lipinski definition) is 2. The third kappa shape index (κ3) is 5.18. The highest BCUT2D eigenvalue weighted by molar-refractivity contribution is 7.99. The number of aromatic nitrogens is 1. The topological polar surface area (TPSA) is 79.3 Å². The Kier molecular flexibility index (Phi) is 6.21. The van der Waals surface area contributed by atoms with E-state index in [1.165, 1.54) is 24.0 Å². The van der Waals surface area contributed by atoms with Crippen LogP contribution in [0.5, 0.6) is 0 Å². The number of amides is 1. The molecule has 1 heterocycles. The molecule has 0 aliphatic rings. The van der Waals surface area contributed by atoms with Gasteiger partial charge in [-0.15, -0.1) is 0 Å². The van der Waals surface area contributed by atoms with E-state index in [1.54, 1.807) is 6.07 Å². The highest BCUT2D eigenvalue weighted by atomic mass is 32.2. The SMILES string of the molecule is CCCCNC(=O)CSc1ccc(C(=O)O)cn1. The molecular weight excluding hydrogens is 252 g/mol. The molecular formula is C12H16N2O3S. The van der Waals surface area contributed by atoms with Crippen LogP contribution in [0.3, 0.4) is 0 Å². The number of aromatic carboxylic acids is 1. The number of carboxylic acids is 1. The third-order valence-corrected chi connectivity index (χ3v) is 3.13. The number of carbonyl (C=O) groups excluding carboxylic acids is 1. The molecule has 0 spiro atoms. The molecule has 98 valence electrons. The van der Waals surface area contributed by atoms with Crippen LogP contribution in [0.15, 0.2) is 23.4 Å². The summed E-state index contributed by atoms with van der Waals surface area (Å²) in [6, 6.07) is 3.08. The number of pyridine rings is 1. The standard InChI is InChI=1S/C12H16N2O3S/c1-2-3-6-13-10(15)8-18-11-5-4-9(7-14-11)12(16)17/h4-5,7H,2-3,6,8H2,1H3,(H,13,15)(H,16,17). The van der Waals surface area contributed by atoms with E-state index in [0.717, 1.165) is 12.8 Å². The number of nitrogens with one attached hydrogen (secondary N) is 1. The van der Waals surface area contributed by atoms with Crippen molar-refractivity contribution in [1.29, 1.82) is 0 Å². The maximum atomic E-state index is 11.4. The fourth-order valence-corrected chi connectivity index (χ4v) is 1.86. The lowest BCUT2D eigenvalue weighted by atomic mass is 10.3. The predicted octanol–water partition coefficient (Wildman–Crippen LogP) is 1.79. The second kappa shape index (κ2) is 7.71. The van der Waals surface area contributed by atoms with E-state index in [-0.39, 0.29) is 11.5 Å². The van der Waals surface area contributed by atoms with Gasteiger partial charge in [0.15, 0.2) is 0 Å². The van der Waals surface area contributed by atoms with Gasteiger partial charge in [-0.25, -0.2) is 9.78 Å². The Bertz CT molecular complexity index is 406. The normalized spacial score (nSPS) is 10.1. The average Bonchev–Trinajstić information content (AvgIpc) is 2.37. The summed E-state index contributed by atoms with van der Waals surface area (Å²) in [6.07, 6.45) is 3.31. The van der Waals surface area contributed by atoms with Crippen LogP contribution in [-0.4, -0.2) is 34.3 Å². The molecule has 0 aliphatic heterocycles. The average molecular weight is 268 g/mol.